The van der Waals surface area contributed by atoms with E-state index in [0.29, 0.717) is 6.61 Å². The molecular weight excluding hydrogens is 116 g/mol. The van der Waals surface area contributed by atoms with Gasteiger partial charge in [-0.2, -0.15) is 0 Å². The maximum Gasteiger partial charge on any atom is 0.110 e. The summed E-state index contributed by atoms with van der Waals surface area (Å²) in [5.41, 5.74) is 0.725. The van der Waals surface area contributed by atoms with Crippen molar-refractivity contribution >= 4 is 0 Å². The van der Waals surface area contributed by atoms with Crippen LogP contribution in [0.3, 0.4) is 0 Å². The predicted octanol–water partition coefficient (Wildman–Crippen LogP) is 0.532. The molecule has 0 amide bonds. The van der Waals surface area contributed by atoms with Crippen molar-refractivity contribution in [3.05, 3.63) is 11.8 Å². The van der Waals surface area contributed by atoms with E-state index in [1.165, 1.54) is 6.26 Å². The highest BCUT2D eigenvalue weighted by molar-refractivity contribution is 5.20. The first-order chi connectivity index (χ1) is 4.31. The highest BCUT2D eigenvalue weighted by Gasteiger charge is 1.79. The third-order valence-electron chi connectivity index (χ3n) is 0.697. The molecule has 0 saturated heterocycles. The molecule has 1 N–H and O–H groups in total. The molecule has 0 aromatic heterocycles. The second-order valence-electron chi connectivity index (χ2n) is 1.54. The van der Waals surface area contributed by atoms with Crippen LogP contribution in [0.1, 0.15) is 6.92 Å². The minimum atomic E-state index is 0.0222. The van der Waals surface area contributed by atoms with E-state index in [1.807, 2.05) is 0 Å². The number of hydrogen-bond acceptors (Lipinski definition) is 2. The Morgan fingerprint density at radius 1 is 1.89 bits per heavy atom. The van der Waals surface area contributed by atoms with Gasteiger partial charge in [-0.25, -0.2) is 0 Å². The molecule has 2 nitrogen and oxygen atoms in total. The highest BCUT2D eigenvalue weighted by Crippen LogP contribution is 1.87. The van der Waals surface area contributed by atoms with Gasteiger partial charge in [0.05, 0.1) is 12.9 Å². The molecule has 0 aliphatic heterocycles. The molecule has 9 heavy (non-hydrogen) atoms. The summed E-state index contributed by atoms with van der Waals surface area (Å²) in [6.07, 6.45) is 6.45. The van der Waals surface area contributed by atoms with Gasteiger partial charge in [-0.1, -0.05) is 5.92 Å². The monoisotopic (exact) mass is 126 g/mol. The van der Waals surface area contributed by atoms with E-state index >= 15 is 0 Å². The van der Waals surface area contributed by atoms with E-state index in [2.05, 4.69) is 5.92 Å². The number of allylic oxidation sites excluding steroid dienone is 1. The van der Waals surface area contributed by atoms with Crippen LogP contribution in [0.4, 0.5) is 0 Å². The molecule has 0 aliphatic carbocycles. The van der Waals surface area contributed by atoms with Crippen LogP contribution in [0.15, 0.2) is 11.8 Å². The molecule has 0 radical (unpaired) electrons. The van der Waals surface area contributed by atoms with Gasteiger partial charge in [0.2, 0.25) is 0 Å². The lowest BCUT2D eigenvalue weighted by molar-refractivity contribution is 0.165. The Bertz CT molecular complexity index is 130. The quantitative estimate of drug-likeness (QED) is 0.339. The number of ether oxygens (including phenoxy) is 1. The van der Waals surface area contributed by atoms with Crippen LogP contribution in [-0.4, -0.2) is 18.3 Å². The third kappa shape index (κ3) is 4.92. The zero-order valence-corrected chi connectivity index (χ0v) is 5.42. The molecule has 0 aromatic rings. The molecule has 0 bridgehead atoms. The molecule has 0 fully saturated rings. The maximum absolute atomic E-state index is 8.25. The Morgan fingerprint density at radius 2 is 2.56 bits per heavy atom. The average molecular weight is 126 g/mol. The molecule has 0 aliphatic rings. The fourth-order valence-electron chi connectivity index (χ4n) is 0.271. The zero-order chi connectivity index (χ0) is 7.11. The first-order valence-corrected chi connectivity index (χ1v) is 2.67. The van der Waals surface area contributed by atoms with Crippen LogP contribution in [0, 0.1) is 12.3 Å². The van der Waals surface area contributed by atoms with Gasteiger partial charge in [0.15, 0.2) is 0 Å². The molecule has 0 heterocycles. The van der Waals surface area contributed by atoms with Crippen LogP contribution < -0.4 is 0 Å². The van der Waals surface area contributed by atoms with E-state index in [4.69, 9.17) is 16.3 Å². The van der Waals surface area contributed by atoms with Crippen molar-refractivity contribution in [2.24, 2.45) is 0 Å². The normalized spacial score (nSPS) is 10.6. The summed E-state index contributed by atoms with van der Waals surface area (Å²) in [4.78, 5) is 0. The number of terminal acetylenes is 1. The zero-order valence-electron chi connectivity index (χ0n) is 5.42. The van der Waals surface area contributed by atoms with Crippen molar-refractivity contribution < 1.29 is 9.84 Å². The molecule has 2 heteroatoms. The van der Waals surface area contributed by atoms with E-state index in [9.17, 15) is 0 Å². The minimum Gasteiger partial charge on any atom is -0.498 e. The van der Waals surface area contributed by atoms with Crippen molar-refractivity contribution in [2.45, 2.75) is 6.92 Å². The van der Waals surface area contributed by atoms with Crippen molar-refractivity contribution in [3.8, 4) is 12.3 Å². The Hall–Kier alpha value is -0.940. The number of aliphatic hydroxyl groups excluding tert-OH is 1. The summed E-state index contributed by atoms with van der Waals surface area (Å²) in [6, 6.07) is 0. The summed E-state index contributed by atoms with van der Waals surface area (Å²) in [7, 11) is 0. The average Bonchev–Trinajstić information content (AvgIpc) is 1.89. The second-order valence-corrected chi connectivity index (χ2v) is 1.54. The Kier molecular flexibility index (Phi) is 4.66. The highest BCUT2D eigenvalue weighted by atomic mass is 16.5. The van der Waals surface area contributed by atoms with Crippen LogP contribution >= 0.6 is 0 Å². The molecular formula is C7H10O2. The van der Waals surface area contributed by atoms with Crippen LogP contribution in [-0.2, 0) is 4.74 Å². The van der Waals surface area contributed by atoms with Crippen molar-refractivity contribution in [2.75, 3.05) is 13.2 Å². The van der Waals surface area contributed by atoms with Gasteiger partial charge in [-0.3, -0.25) is 0 Å². The van der Waals surface area contributed by atoms with E-state index in [0.717, 1.165) is 5.57 Å². The molecule has 0 unspecified atom stereocenters. The first kappa shape index (κ1) is 8.06. The standard InChI is InChI=1S/C7H10O2/c1-3-7(2)6-9-5-4-8/h1,6,8H,4-5H2,2H3/b7-6-. The lowest BCUT2D eigenvalue weighted by Crippen LogP contribution is -1.92. The van der Waals surface area contributed by atoms with Gasteiger partial charge in [0.1, 0.15) is 6.61 Å². The second kappa shape index (κ2) is 5.20. The molecule has 0 aromatic carbocycles. The molecule has 0 rings (SSSR count). The van der Waals surface area contributed by atoms with Gasteiger partial charge in [0, 0.05) is 5.57 Å². The largest absolute Gasteiger partial charge is 0.498 e. The Balaban J connectivity index is 3.35. The van der Waals surface area contributed by atoms with Crippen LogP contribution in [0.25, 0.3) is 0 Å². The molecule has 50 valence electrons. The predicted molar refractivity (Wildman–Crippen MR) is 35.6 cm³/mol. The van der Waals surface area contributed by atoms with Gasteiger partial charge in [-0.05, 0) is 6.92 Å². The summed E-state index contributed by atoms with van der Waals surface area (Å²) in [6.45, 7) is 2.09. The van der Waals surface area contributed by atoms with Crippen molar-refractivity contribution in [3.63, 3.8) is 0 Å². The number of aliphatic hydroxyl groups is 1. The van der Waals surface area contributed by atoms with Gasteiger partial charge >= 0.3 is 0 Å². The van der Waals surface area contributed by atoms with E-state index in [1.54, 1.807) is 6.92 Å². The smallest absolute Gasteiger partial charge is 0.110 e. The fraction of sp³-hybridized carbons (Fsp3) is 0.429. The van der Waals surface area contributed by atoms with Gasteiger partial charge < -0.3 is 9.84 Å². The molecule has 0 spiro atoms. The fourth-order valence-corrected chi connectivity index (χ4v) is 0.271. The van der Waals surface area contributed by atoms with Gasteiger partial charge in [-0.15, -0.1) is 6.42 Å². The number of rotatable bonds is 3. The topological polar surface area (TPSA) is 29.5 Å². The Labute approximate surface area is 55.1 Å². The van der Waals surface area contributed by atoms with Crippen LogP contribution in [0.2, 0.25) is 0 Å². The lowest BCUT2D eigenvalue weighted by atomic mass is 10.4. The lowest BCUT2D eigenvalue weighted by Gasteiger charge is -1.94. The van der Waals surface area contributed by atoms with E-state index < -0.39 is 0 Å². The van der Waals surface area contributed by atoms with E-state index in [-0.39, 0.29) is 6.61 Å². The van der Waals surface area contributed by atoms with Crippen molar-refractivity contribution in [1.29, 1.82) is 0 Å². The minimum absolute atomic E-state index is 0.0222. The summed E-state index contributed by atoms with van der Waals surface area (Å²) >= 11 is 0. The first-order valence-electron chi connectivity index (χ1n) is 2.67. The maximum atomic E-state index is 8.25. The molecule has 0 atom stereocenters. The SMILES string of the molecule is C#C/C(C)=C\OCCO. The number of hydrogen-bond donors (Lipinski definition) is 1. The molecule has 0 saturated carbocycles. The van der Waals surface area contributed by atoms with Crippen molar-refractivity contribution in [1.82, 2.24) is 0 Å². The summed E-state index contributed by atoms with van der Waals surface area (Å²) in [5.74, 6) is 2.38. The Morgan fingerprint density at radius 3 is 3.00 bits per heavy atom. The van der Waals surface area contributed by atoms with Gasteiger partial charge in [0.25, 0.3) is 0 Å². The van der Waals surface area contributed by atoms with Crippen LogP contribution in [0.5, 0.6) is 0 Å². The summed E-state index contributed by atoms with van der Waals surface area (Å²) in [5, 5.41) is 8.25. The summed E-state index contributed by atoms with van der Waals surface area (Å²) < 4.78 is 4.78. The third-order valence-corrected chi connectivity index (χ3v) is 0.697.